The molecule has 11 heteroatoms. The minimum atomic E-state index is -1.62. The standard InChI is InChI=1S/C26H34N2O9/c1-15-10-11-20(30)23(31)19(29)9-5-8-18-13-17(7-6-12-35-25(33)27-3)14-21(37-26(34)28-4)22(18)24(32)36-16(15)2/h5,8,10-11,13-16,19,23,29,31H,6-7,9,12H2,1-4H3,(H,27,33)(H,28,34)/b8-5?,11-10-/t15-,16+,19+,23+/m1/s1. The van der Waals surface area contributed by atoms with E-state index in [0.717, 1.165) is 6.08 Å². The molecule has 37 heavy (non-hydrogen) atoms. The second kappa shape index (κ2) is 14.1. The van der Waals surface area contributed by atoms with E-state index in [-0.39, 0.29) is 24.3 Å². The van der Waals surface area contributed by atoms with Gasteiger partial charge in [0.2, 0.25) is 0 Å². The summed E-state index contributed by atoms with van der Waals surface area (Å²) in [5.41, 5.74) is 1.02. The summed E-state index contributed by atoms with van der Waals surface area (Å²) in [5.74, 6) is -1.84. The van der Waals surface area contributed by atoms with Crippen LogP contribution in [0, 0.1) is 5.92 Å². The van der Waals surface area contributed by atoms with E-state index in [1.54, 1.807) is 19.9 Å². The van der Waals surface area contributed by atoms with E-state index in [1.807, 2.05) is 0 Å². The van der Waals surface area contributed by atoms with Gasteiger partial charge in [-0.25, -0.2) is 14.4 Å². The molecular formula is C26H34N2O9. The number of aryl methyl sites for hydroxylation is 1. The molecule has 202 valence electrons. The van der Waals surface area contributed by atoms with E-state index < -0.39 is 48.2 Å². The normalized spacial score (nSPS) is 23.2. The monoisotopic (exact) mass is 518 g/mol. The van der Waals surface area contributed by atoms with Crippen LogP contribution >= 0.6 is 0 Å². The molecule has 0 fully saturated rings. The minimum absolute atomic E-state index is 0.00332. The lowest BCUT2D eigenvalue weighted by Gasteiger charge is -2.21. The largest absolute Gasteiger partial charge is 0.458 e. The van der Waals surface area contributed by atoms with Crippen LogP contribution in [0.5, 0.6) is 5.75 Å². The van der Waals surface area contributed by atoms with Crippen molar-refractivity contribution in [1.82, 2.24) is 10.6 Å². The average molecular weight is 519 g/mol. The second-order valence-electron chi connectivity index (χ2n) is 8.57. The first-order chi connectivity index (χ1) is 17.6. The molecule has 0 saturated heterocycles. The molecule has 4 N–H and O–H groups in total. The summed E-state index contributed by atoms with van der Waals surface area (Å²) in [6.45, 7) is 3.51. The summed E-state index contributed by atoms with van der Waals surface area (Å²) >= 11 is 0. The molecule has 0 saturated carbocycles. The number of hydrogen-bond donors (Lipinski definition) is 4. The number of cyclic esters (lactones) is 1. The number of esters is 1. The number of benzene rings is 1. The number of alkyl carbamates (subject to hydrolysis) is 1. The summed E-state index contributed by atoms with van der Waals surface area (Å²) in [6, 6.07) is 3.23. The third-order valence-electron chi connectivity index (χ3n) is 5.78. The number of rotatable bonds is 5. The van der Waals surface area contributed by atoms with Crippen LogP contribution < -0.4 is 15.4 Å². The minimum Gasteiger partial charge on any atom is -0.458 e. The highest BCUT2D eigenvalue weighted by molar-refractivity contribution is 5.98. The smallest absolute Gasteiger partial charge is 0.412 e. The van der Waals surface area contributed by atoms with E-state index >= 15 is 0 Å². The maximum Gasteiger partial charge on any atom is 0.412 e. The van der Waals surface area contributed by atoms with Crippen LogP contribution in [0.25, 0.3) is 6.08 Å². The Morgan fingerprint density at radius 1 is 1.08 bits per heavy atom. The summed E-state index contributed by atoms with van der Waals surface area (Å²) in [7, 11) is 2.83. The van der Waals surface area contributed by atoms with Gasteiger partial charge >= 0.3 is 18.2 Å². The van der Waals surface area contributed by atoms with Crippen molar-refractivity contribution in [3.05, 3.63) is 47.1 Å². The molecule has 0 radical (unpaired) electrons. The molecule has 4 atom stereocenters. The van der Waals surface area contributed by atoms with Gasteiger partial charge in [0.1, 0.15) is 23.5 Å². The number of ketones is 1. The highest BCUT2D eigenvalue weighted by atomic mass is 16.6. The molecule has 2 rings (SSSR count). The fourth-order valence-electron chi connectivity index (χ4n) is 3.43. The Balaban J connectivity index is 2.52. The van der Waals surface area contributed by atoms with E-state index in [9.17, 15) is 29.4 Å². The van der Waals surface area contributed by atoms with Crippen LogP contribution in [-0.4, -0.2) is 73.2 Å². The van der Waals surface area contributed by atoms with Crippen LogP contribution in [-0.2, 0) is 20.7 Å². The zero-order valence-corrected chi connectivity index (χ0v) is 21.4. The molecule has 0 spiro atoms. The molecule has 0 unspecified atom stereocenters. The first-order valence-corrected chi connectivity index (χ1v) is 11.9. The molecule has 1 aromatic rings. The van der Waals surface area contributed by atoms with Gasteiger partial charge in [0.05, 0.1) is 12.7 Å². The quantitative estimate of drug-likeness (QED) is 0.338. The van der Waals surface area contributed by atoms with Crippen molar-refractivity contribution in [2.45, 2.75) is 51.4 Å². The van der Waals surface area contributed by atoms with Gasteiger partial charge in [-0.15, -0.1) is 0 Å². The lowest BCUT2D eigenvalue weighted by Crippen LogP contribution is -2.32. The molecule has 2 amide bonds. The van der Waals surface area contributed by atoms with E-state index in [1.165, 1.54) is 38.4 Å². The predicted molar refractivity (Wildman–Crippen MR) is 134 cm³/mol. The molecule has 0 bridgehead atoms. The molecule has 1 aliphatic heterocycles. The number of aliphatic hydroxyl groups is 2. The highest BCUT2D eigenvalue weighted by Gasteiger charge is 2.26. The van der Waals surface area contributed by atoms with E-state index in [2.05, 4.69) is 10.6 Å². The molecular weight excluding hydrogens is 484 g/mol. The van der Waals surface area contributed by atoms with Crippen LogP contribution in [0.1, 0.15) is 48.2 Å². The lowest BCUT2D eigenvalue weighted by atomic mass is 9.97. The lowest BCUT2D eigenvalue weighted by molar-refractivity contribution is -0.127. The molecule has 1 aliphatic rings. The topological polar surface area (TPSA) is 160 Å². The maximum absolute atomic E-state index is 13.3. The molecule has 11 nitrogen and oxygen atoms in total. The van der Waals surface area contributed by atoms with Gasteiger partial charge in [0.15, 0.2) is 5.78 Å². The Morgan fingerprint density at radius 3 is 2.46 bits per heavy atom. The van der Waals surface area contributed by atoms with Crippen molar-refractivity contribution >= 4 is 30.0 Å². The summed E-state index contributed by atoms with van der Waals surface area (Å²) in [4.78, 5) is 48.8. The fourth-order valence-corrected chi connectivity index (χ4v) is 3.43. The fraction of sp³-hybridized carbons (Fsp3) is 0.462. The van der Waals surface area contributed by atoms with Gasteiger partial charge in [0.25, 0.3) is 0 Å². The molecule has 0 aliphatic carbocycles. The Hall–Kier alpha value is -3.70. The number of fused-ring (bicyclic) bond motifs is 1. The Morgan fingerprint density at radius 2 is 1.78 bits per heavy atom. The molecule has 1 heterocycles. The summed E-state index contributed by atoms with van der Waals surface area (Å²) < 4.78 is 16.0. The molecule has 0 aromatic heterocycles. The number of nitrogens with one attached hydrogen (secondary N) is 2. The third kappa shape index (κ3) is 8.72. The maximum atomic E-state index is 13.3. The summed E-state index contributed by atoms with van der Waals surface area (Å²) in [5, 5.41) is 25.1. The SMILES string of the molecule is CNC(=O)OCCCc1cc2c(c(OC(=O)NC)c1)C(=O)O[C@@H](C)[C@H](C)/C=C\C(=O)[C@@H](O)[C@@H](O)CC=C2. The van der Waals surface area contributed by atoms with Crippen molar-refractivity contribution in [2.24, 2.45) is 5.92 Å². The number of carbonyl (C=O) groups excluding carboxylic acids is 4. The van der Waals surface area contributed by atoms with Crippen molar-refractivity contribution in [1.29, 1.82) is 0 Å². The van der Waals surface area contributed by atoms with E-state index in [0.29, 0.717) is 24.0 Å². The van der Waals surface area contributed by atoms with Crippen LogP contribution in [0.3, 0.4) is 0 Å². The van der Waals surface area contributed by atoms with Crippen molar-refractivity contribution < 1.29 is 43.6 Å². The van der Waals surface area contributed by atoms with Gasteiger partial charge in [-0.05, 0) is 49.5 Å². The first-order valence-electron chi connectivity index (χ1n) is 11.9. The van der Waals surface area contributed by atoms with Gasteiger partial charge in [-0.2, -0.15) is 0 Å². The van der Waals surface area contributed by atoms with Crippen molar-refractivity contribution in [3.8, 4) is 5.75 Å². The second-order valence-corrected chi connectivity index (χ2v) is 8.57. The number of aliphatic hydroxyl groups excluding tert-OH is 2. The van der Waals surface area contributed by atoms with Crippen LogP contribution in [0.2, 0.25) is 0 Å². The van der Waals surface area contributed by atoms with Crippen molar-refractivity contribution in [2.75, 3.05) is 20.7 Å². The van der Waals surface area contributed by atoms with Crippen LogP contribution in [0.4, 0.5) is 9.59 Å². The Kier molecular flexibility index (Phi) is 11.3. The van der Waals surface area contributed by atoms with Gasteiger partial charge in [0, 0.05) is 20.0 Å². The van der Waals surface area contributed by atoms with Crippen LogP contribution in [0.15, 0.2) is 30.4 Å². The first kappa shape index (κ1) is 29.5. The van der Waals surface area contributed by atoms with E-state index in [4.69, 9.17) is 14.2 Å². The number of hydrogen-bond acceptors (Lipinski definition) is 9. The number of carbonyl (C=O) groups is 4. The van der Waals surface area contributed by atoms with Gasteiger partial charge in [-0.1, -0.05) is 31.2 Å². The molecule has 1 aromatic carbocycles. The third-order valence-corrected chi connectivity index (χ3v) is 5.78. The summed E-state index contributed by atoms with van der Waals surface area (Å²) in [6.07, 6.45) is 1.44. The number of amides is 2. The van der Waals surface area contributed by atoms with Crippen molar-refractivity contribution in [3.63, 3.8) is 0 Å². The zero-order valence-electron chi connectivity index (χ0n) is 21.4. The Labute approximate surface area is 215 Å². The van der Waals surface area contributed by atoms with Gasteiger partial charge < -0.3 is 35.1 Å². The zero-order chi connectivity index (χ0) is 27.5. The average Bonchev–Trinajstić information content (AvgIpc) is 2.87. The predicted octanol–water partition coefficient (Wildman–Crippen LogP) is 2.14. The number of ether oxygens (including phenoxy) is 3. The van der Waals surface area contributed by atoms with Gasteiger partial charge in [-0.3, -0.25) is 4.79 Å². The highest BCUT2D eigenvalue weighted by Crippen LogP contribution is 2.29. The Bertz CT molecular complexity index is 1050.